The van der Waals surface area contributed by atoms with Crippen LogP contribution in [0.4, 0.5) is 5.82 Å². The van der Waals surface area contributed by atoms with Crippen molar-refractivity contribution in [1.82, 2.24) is 15.0 Å². The summed E-state index contributed by atoms with van der Waals surface area (Å²) in [5.41, 5.74) is 6.90. The number of anilines is 1. The summed E-state index contributed by atoms with van der Waals surface area (Å²) in [6.07, 6.45) is 1.77. The minimum Gasteiger partial charge on any atom is -0.383 e. The van der Waals surface area contributed by atoms with Crippen LogP contribution in [0, 0.1) is 0 Å². The van der Waals surface area contributed by atoms with Crippen molar-refractivity contribution in [1.29, 1.82) is 0 Å². The lowest BCUT2D eigenvalue weighted by Gasteiger charge is -2.08. The summed E-state index contributed by atoms with van der Waals surface area (Å²) >= 11 is 0. The van der Waals surface area contributed by atoms with Crippen molar-refractivity contribution in [3.8, 4) is 11.5 Å². The maximum absolute atomic E-state index is 11.8. The summed E-state index contributed by atoms with van der Waals surface area (Å²) in [5.74, 6) is 0.828. The molecule has 0 aromatic carbocycles. The molecular formula is C11H14N4O. The van der Waals surface area contributed by atoms with E-state index in [1.165, 1.54) is 0 Å². The van der Waals surface area contributed by atoms with Crippen molar-refractivity contribution in [3.63, 3.8) is 0 Å². The van der Waals surface area contributed by atoms with Crippen LogP contribution in [-0.2, 0) is 0 Å². The van der Waals surface area contributed by atoms with Gasteiger partial charge in [0.15, 0.2) is 5.82 Å². The maximum Gasteiger partial charge on any atom is 0.256 e. The van der Waals surface area contributed by atoms with E-state index in [0.29, 0.717) is 17.2 Å². The van der Waals surface area contributed by atoms with Crippen molar-refractivity contribution in [3.05, 3.63) is 34.2 Å². The van der Waals surface area contributed by atoms with Crippen molar-refractivity contribution in [2.45, 2.75) is 19.8 Å². The number of aromatic nitrogens is 3. The number of nitrogens with zero attached hydrogens (tertiary/aromatic N) is 1. The Balaban J connectivity index is 2.58. The summed E-state index contributed by atoms with van der Waals surface area (Å²) in [4.78, 5) is 21.7. The van der Waals surface area contributed by atoms with Gasteiger partial charge in [-0.15, -0.1) is 0 Å². The van der Waals surface area contributed by atoms with Crippen LogP contribution < -0.4 is 11.3 Å². The number of H-pyrrole nitrogens is 2. The third kappa shape index (κ3) is 1.71. The minimum atomic E-state index is -0.174. The molecule has 2 rings (SSSR count). The highest BCUT2D eigenvalue weighted by molar-refractivity contribution is 5.53. The van der Waals surface area contributed by atoms with Gasteiger partial charge >= 0.3 is 0 Å². The van der Waals surface area contributed by atoms with Crippen LogP contribution in [-0.4, -0.2) is 15.0 Å². The lowest BCUT2D eigenvalue weighted by molar-refractivity contribution is 0.836. The second-order valence-electron chi connectivity index (χ2n) is 3.95. The molecule has 2 aromatic rings. The van der Waals surface area contributed by atoms with Crippen molar-refractivity contribution < 1.29 is 0 Å². The number of rotatable bonds is 2. The van der Waals surface area contributed by atoms with Gasteiger partial charge in [0, 0.05) is 6.20 Å². The molecule has 2 heterocycles. The molecule has 0 saturated heterocycles. The van der Waals surface area contributed by atoms with Gasteiger partial charge in [0.25, 0.3) is 5.56 Å². The third-order valence-electron chi connectivity index (χ3n) is 2.42. The fourth-order valence-electron chi connectivity index (χ4n) is 1.66. The van der Waals surface area contributed by atoms with E-state index in [2.05, 4.69) is 15.0 Å². The van der Waals surface area contributed by atoms with Crippen molar-refractivity contribution in [2.75, 3.05) is 5.73 Å². The standard InChI is InChI=1S/C11H14N4O/c1-6(2)8-9(12)14-10(15-11(8)16)7-4-3-5-13-7/h3-6,13H,1-2H3,(H3,12,14,15,16). The van der Waals surface area contributed by atoms with Crippen molar-refractivity contribution in [2.24, 2.45) is 0 Å². The SMILES string of the molecule is CC(C)c1c(N)nc(-c2ccc[nH]2)[nH]c1=O. The first-order valence-electron chi connectivity index (χ1n) is 5.13. The zero-order valence-corrected chi connectivity index (χ0v) is 9.24. The van der Waals surface area contributed by atoms with Gasteiger partial charge in [0.1, 0.15) is 5.82 Å². The van der Waals surface area contributed by atoms with Gasteiger partial charge in [-0.05, 0) is 18.1 Å². The van der Waals surface area contributed by atoms with E-state index in [4.69, 9.17) is 5.73 Å². The minimum absolute atomic E-state index is 0.0638. The molecule has 5 nitrogen and oxygen atoms in total. The summed E-state index contributed by atoms with van der Waals surface area (Å²) < 4.78 is 0. The van der Waals surface area contributed by atoms with E-state index in [9.17, 15) is 4.79 Å². The number of nitrogens with two attached hydrogens (primary N) is 1. The van der Waals surface area contributed by atoms with Crippen LogP contribution in [0.3, 0.4) is 0 Å². The van der Waals surface area contributed by atoms with Crippen LogP contribution in [0.5, 0.6) is 0 Å². The number of hydrogen-bond donors (Lipinski definition) is 3. The Morgan fingerprint density at radius 3 is 2.69 bits per heavy atom. The largest absolute Gasteiger partial charge is 0.383 e. The summed E-state index contributed by atoms with van der Waals surface area (Å²) in [5, 5.41) is 0. The first-order valence-corrected chi connectivity index (χ1v) is 5.13. The predicted molar refractivity (Wildman–Crippen MR) is 63.1 cm³/mol. The molecule has 0 spiro atoms. The maximum atomic E-state index is 11.8. The van der Waals surface area contributed by atoms with E-state index in [0.717, 1.165) is 5.69 Å². The summed E-state index contributed by atoms with van der Waals surface area (Å²) in [6.45, 7) is 3.83. The topological polar surface area (TPSA) is 87.6 Å². The molecular weight excluding hydrogens is 204 g/mol. The smallest absolute Gasteiger partial charge is 0.256 e. The third-order valence-corrected chi connectivity index (χ3v) is 2.42. The summed E-state index contributed by atoms with van der Waals surface area (Å²) in [7, 11) is 0. The van der Waals surface area contributed by atoms with E-state index >= 15 is 0 Å². The lowest BCUT2D eigenvalue weighted by Crippen LogP contribution is -2.19. The average Bonchev–Trinajstić information content (AvgIpc) is 2.67. The normalized spacial score (nSPS) is 10.9. The highest BCUT2D eigenvalue weighted by atomic mass is 16.1. The molecule has 0 aliphatic rings. The Kier molecular flexibility index (Phi) is 2.52. The molecule has 0 saturated carbocycles. The molecule has 4 N–H and O–H groups in total. The fraction of sp³-hybridized carbons (Fsp3) is 0.273. The molecule has 0 unspecified atom stereocenters. The predicted octanol–water partition coefficient (Wildman–Crippen LogP) is 1.47. The second kappa shape index (κ2) is 3.84. The molecule has 5 heteroatoms. The zero-order valence-electron chi connectivity index (χ0n) is 9.24. The van der Waals surface area contributed by atoms with E-state index in [1.807, 2.05) is 26.0 Å². The Morgan fingerprint density at radius 2 is 2.19 bits per heavy atom. The van der Waals surface area contributed by atoms with Crippen LogP contribution in [0.15, 0.2) is 23.1 Å². The number of hydrogen-bond acceptors (Lipinski definition) is 3. The number of nitrogen functional groups attached to an aromatic ring is 1. The van der Waals surface area contributed by atoms with Gasteiger partial charge in [0.05, 0.1) is 11.3 Å². The fourth-order valence-corrected chi connectivity index (χ4v) is 1.66. The molecule has 0 amide bonds. The molecule has 0 radical (unpaired) electrons. The Labute approximate surface area is 92.7 Å². The van der Waals surface area contributed by atoms with E-state index < -0.39 is 0 Å². The molecule has 0 bridgehead atoms. The van der Waals surface area contributed by atoms with Crippen LogP contribution >= 0.6 is 0 Å². The first kappa shape index (κ1) is 10.5. The molecule has 84 valence electrons. The van der Waals surface area contributed by atoms with Gasteiger partial charge in [-0.1, -0.05) is 13.8 Å². The van der Waals surface area contributed by atoms with Gasteiger partial charge in [-0.3, -0.25) is 4.79 Å². The van der Waals surface area contributed by atoms with Crippen LogP contribution in [0.25, 0.3) is 11.5 Å². The second-order valence-corrected chi connectivity index (χ2v) is 3.95. The van der Waals surface area contributed by atoms with Gasteiger partial charge < -0.3 is 15.7 Å². The van der Waals surface area contributed by atoms with E-state index in [-0.39, 0.29) is 11.5 Å². The van der Waals surface area contributed by atoms with Gasteiger partial charge in [-0.2, -0.15) is 0 Å². The molecule has 0 aliphatic heterocycles. The molecule has 0 fully saturated rings. The quantitative estimate of drug-likeness (QED) is 0.713. The lowest BCUT2D eigenvalue weighted by atomic mass is 10.1. The Hall–Kier alpha value is -2.04. The highest BCUT2D eigenvalue weighted by Gasteiger charge is 2.13. The van der Waals surface area contributed by atoms with E-state index in [1.54, 1.807) is 6.20 Å². The Morgan fingerprint density at radius 1 is 1.44 bits per heavy atom. The van der Waals surface area contributed by atoms with Crippen molar-refractivity contribution >= 4 is 5.82 Å². The highest BCUT2D eigenvalue weighted by Crippen LogP contribution is 2.18. The van der Waals surface area contributed by atoms with Crippen LogP contribution in [0.1, 0.15) is 25.3 Å². The van der Waals surface area contributed by atoms with Gasteiger partial charge in [-0.25, -0.2) is 4.98 Å². The average molecular weight is 218 g/mol. The Bertz CT molecular complexity index is 540. The molecule has 16 heavy (non-hydrogen) atoms. The number of nitrogens with one attached hydrogen (secondary N) is 2. The summed E-state index contributed by atoms with van der Waals surface area (Å²) in [6, 6.07) is 3.66. The molecule has 0 atom stereocenters. The van der Waals surface area contributed by atoms with Gasteiger partial charge in [0.2, 0.25) is 0 Å². The molecule has 2 aromatic heterocycles. The monoisotopic (exact) mass is 218 g/mol. The number of aromatic amines is 2. The molecule has 0 aliphatic carbocycles. The zero-order chi connectivity index (χ0) is 11.7. The van der Waals surface area contributed by atoms with Crippen LogP contribution in [0.2, 0.25) is 0 Å². The first-order chi connectivity index (χ1) is 7.59.